The molecule has 0 unspecified atom stereocenters. The van der Waals surface area contributed by atoms with Crippen LogP contribution >= 0.6 is 12.2 Å². The quantitative estimate of drug-likeness (QED) is 0.475. The summed E-state index contributed by atoms with van der Waals surface area (Å²) in [7, 11) is 0. The molecule has 0 spiro atoms. The van der Waals surface area contributed by atoms with Gasteiger partial charge in [0.25, 0.3) is 0 Å². The van der Waals surface area contributed by atoms with Gasteiger partial charge < -0.3 is 0 Å². The first kappa shape index (κ1) is 13.1. The first-order valence-corrected chi connectivity index (χ1v) is 6.23. The minimum Gasteiger partial charge on any atom is -0.227 e. The van der Waals surface area contributed by atoms with Crippen molar-refractivity contribution in [1.82, 2.24) is 9.97 Å². The van der Waals surface area contributed by atoms with Gasteiger partial charge in [0.1, 0.15) is 5.69 Å². The summed E-state index contributed by atoms with van der Waals surface area (Å²) in [4.78, 5) is 11.9. The minimum absolute atomic E-state index is 0.461. The number of isothiocyanates is 1. The van der Waals surface area contributed by atoms with E-state index in [1.807, 2.05) is 12.1 Å². The lowest BCUT2D eigenvalue weighted by atomic mass is 10.1. The number of nitrogens with zero attached hydrogens (tertiary/aromatic N) is 3. The number of hydrogen-bond donors (Lipinski definition) is 0. The Labute approximate surface area is 117 Å². The zero-order valence-corrected chi connectivity index (χ0v) is 11.2. The fourth-order valence-electron chi connectivity index (χ4n) is 1.45. The molecule has 0 aliphatic rings. The van der Waals surface area contributed by atoms with Crippen LogP contribution in [0.4, 0.5) is 5.69 Å². The van der Waals surface area contributed by atoms with Crippen molar-refractivity contribution < 1.29 is 0 Å². The van der Waals surface area contributed by atoms with E-state index in [0.29, 0.717) is 11.5 Å². The molecule has 1 aromatic carbocycles. The first-order valence-electron chi connectivity index (χ1n) is 5.82. The monoisotopic (exact) mass is 265 g/mol. The fraction of sp³-hybridized carbons (Fsp3) is 0.133. The van der Waals surface area contributed by atoms with Gasteiger partial charge in [0, 0.05) is 5.56 Å². The summed E-state index contributed by atoms with van der Waals surface area (Å²) >= 11 is 4.50. The van der Waals surface area contributed by atoms with E-state index in [1.165, 1.54) is 5.56 Å². The Morgan fingerprint density at radius 1 is 1.11 bits per heavy atom. The Morgan fingerprint density at radius 2 is 1.79 bits per heavy atom. The molecule has 0 fully saturated rings. The molecule has 0 aliphatic heterocycles. The van der Waals surface area contributed by atoms with Gasteiger partial charge in [0.05, 0.1) is 17.6 Å². The Kier molecular flexibility index (Phi) is 4.52. The van der Waals surface area contributed by atoms with E-state index >= 15 is 0 Å². The topological polar surface area (TPSA) is 38.1 Å². The largest absolute Gasteiger partial charge is 0.227 e. The van der Waals surface area contributed by atoms with E-state index in [-0.39, 0.29) is 0 Å². The molecule has 0 saturated carbocycles. The van der Waals surface area contributed by atoms with Gasteiger partial charge in [-0.1, -0.05) is 25.0 Å². The lowest BCUT2D eigenvalue weighted by molar-refractivity contribution is 1.12. The van der Waals surface area contributed by atoms with Gasteiger partial charge in [-0.05, 0) is 42.3 Å². The second-order valence-electron chi connectivity index (χ2n) is 3.77. The van der Waals surface area contributed by atoms with E-state index in [9.17, 15) is 0 Å². The first-order chi connectivity index (χ1) is 9.31. The molecule has 0 atom stereocenters. The van der Waals surface area contributed by atoms with Crippen LogP contribution in [0, 0.1) is 11.8 Å². The molecular formula is C15H11N3S. The second kappa shape index (κ2) is 6.55. The maximum Gasteiger partial charge on any atom is 0.205 e. The van der Waals surface area contributed by atoms with Crippen LogP contribution in [0.3, 0.4) is 0 Å². The van der Waals surface area contributed by atoms with Gasteiger partial charge in [0.15, 0.2) is 0 Å². The molecule has 3 nitrogen and oxygen atoms in total. The normalized spacial score (nSPS) is 9.11. The van der Waals surface area contributed by atoms with Crippen molar-refractivity contribution >= 4 is 23.1 Å². The molecule has 1 aromatic heterocycles. The minimum atomic E-state index is 0.461. The molecule has 2 rings (SSSR count). The van der Waals surface area contributed by atoms with Crippen molar-refractivity contribution in [3.63, 3.8) is 0 Å². The van der Waals surface area contributed by atoms with Crippen LogP contribution in [0.1, 0.15) is 23.9 Å². The van der Waals surface area contributed by atoms with Crippen LogP contribution in [-0.2, 0) is 6.42 Å². The van der Waals surface area contributed by atoms with Gasteiger partial charge in [-0.15, -0.1) is 0 Å². The van der Waals surface area contributed by atoms with Crippen LogP contribution in [0.15, 0.2) is 41.7 Å². The number of aliphatic imine (C=N–C) groups is 1. The zero-order chi connectivity index (χ0) is 13.5. The van der Waals surface area contributed by atoms with Gasteiger partial charge in [0.2, 0.25) is 5.82 Å². The standard InChI is InChI=1S/C15H11N3S/c1-2-12-3-5-13(6-4-12)7-8-15-16-9-14(10-17-15)18-11-19/h3-6,9-10H,2H2,1H3. The summed E-state index contributed by atoms with van der Waals surface area (Å²) in [6, 6.07) is 8.14. The van der Waals surface area contributed by atoms with Crippen LogP contribution in [-0.4, -0.2) is 15.1 Å². The van der Waals surface area contributed by atoms with Crippen LogP contribution in [0.5, 0.6) is 0 Å². The van der Waals surface area contributed by atoms with E-state index in [1.54, 1.807) is 12.4 Å². The van der Waals surface area contributed by atoms with Crippen molar-refractivity contribution in [3.8, 4) is 11.8 Å². The highest BCUT2D eigenvalue weighted by molar-refractivity contribution is 7.78. The number of rotatable bonds is 2. The third-order valence-corrected chi connectivity index (χ3v) is 2.59. The molecule has 4 heteroatoms. The highest BCUT2D eigenvalue weighted by Crippen LogP contribution is 2.06. The van der Waals surface area contributed by atoms with E-state index in [0.717, 1.165) is 12.0 Å². The molecule has 0 amide bonds. The van der Waals surface area contributed by atoms with Crippen molar-refractivity contribution in [2.24, 2.45) is 4.99 Å². The SMILES string of the molecule is CCc1ccc(C#Cc2ncc(N=C=S)cn2)cc1. The molecule has 0 bridgehead atoms. The molecule has 19 heavy (non-hydrogen) atoms. The van der Waals surface area contributed by atoms with Crippen molar-refractivity contribution in [1.29, 1.82) is 0 Å². The third kappa shape index (κ3) is 3.82. The molecule has 0 aliphatic carbocycles. The Balaban J connectivity index is 2.16. The third-order valence-electron chi connectivity index (χ3n) is 2.49. The smallest absolute Gasteiger partial charge is 0.205 e. The summed E-state index contributed by atoms with van der Waals surface area (Å²) in [6.07, 6.45) is 4.16. The maximum atomic E-state index is 4.50. The lowest BCUT2D eigenvalue weighted by Crippen LogP contribution is -1.86. The van der Waals surface area contributed by atoms with Crippen molar-refractivity contribution in [3.05, 3.63) is 53.6 Å². The number of thiocarbonyl (C=S) groups is 1. The molecule has 92 valence electrons. The molecule has 0 N–H and O–H groups in total. The zero-order valence-electron chi connectivity index (χ0n) is 10.4. The fourth-order valence-corrected chi connectivity index (χ4v) is 1.55. The molecular weight excluding hydrogens is 254 g/mol. The predicted molar refractivity (Wildman–Crippen MR) is 78.5 cm³/mol. The van der Waals surface area contributed by atoms with E-state index in [4.69, 9.17) is 0 Å². The van der Waals surface area contributed by atoms with Gasteiger partial charge in [-0.25, -0.2) is 9.97 Å². The average molecular weight is 265 g/mol. The Hall–Kier alpha value is -2.34. The van der Waals surface area contributed by atoms with Gasteiger partial charge >= 0.3 is 0 Å². The summed E-state index contributed by atoms with van der Waals surface area (Å²) < 4.78 is 0. The average Bonchev–Trinajstić information content (AvgIpc) is 2.47. The number of benzene rings is 1. The second-order valence-corrected chi connectivity index (χ2v) is 3.95. The summed E-state index contributed by atoms with van der Waals surface area (Å²) in [5.41, 5.74) is 2.82. The predicted octanol–water partition coefficient (Wildman–Crippen LogP) is 3.17. The number of aryl methyl sites for hydroxylation is 1. The molecule has 0 saturated heterocycles. The van der Waals surface area contributed by atoms with Crippen molar-refractivity contribution in [2.45, 2.75) is 13.3 Å². The van der Waals surface area contributed by atoms with E-state index < -0.39 is 0 Å². The summed E-state index contributed by atoms with van der Waals surface area (Å²) in [6.45, 7) is 2.12. The molecule has 0 radical (unpaired) electrons. The summed E-state index contributed by atoms with van der Waals surface area (Å²) in [5, 5.41) is 2.26. The van der Waals surface area contributed by atoms with Gasteiger partial charge in [-0.2, -0.15) is 4.99 Å². The highest BCUT2D eigenvalue weighted by Gasteiger charge is 1.93. The van der Waals surface area contributed by atoms with Crippen LogP contribution in [0.25, 0.3) is 0 Å². The van der Waals surface area contributed by atoms with Crippen LogP contribution < -0.4 is 0 Å². The Bertz CT molecular complexity index is 657. The maximum absolute atomic E-state index is 4.50. The molecule has 2 aromatic rings. The van der Waals surface area contributed by atoms with Crippen LogP contribution in [0.2, 0.25) is 0 Å². The Morgan fingerprint density at radius 3 is 2.37 bits per heavy atom. The van der Waals surface area contributed by atoms with Crippen molar-refractivity contribution in [2.75, 3.05) is 0 Å². The summed E-state index contributed by atoms with van der Waals surface area (Å²) in [5.74, 6) is 6.39. The molecule has 1 heterocycles. The van der Waals surface area contributed by atoms with E-state index in [2.05, 4.69) is 63.2 Å². The number of aromatic nitrogens is 2. The van der Waals surface area contributed by atoms with Gasteiger partial charge in [-0.3, -0.25) is 0 Å². The lowest BCUT2D eigenvalue weighted by Gasteiger charge is -1.95. The highest BCUT2D eigenvalue weighted by atomic mass is 32.1. The number of hydrogen-bond acceptors (Lipinski definition) is 4.